The SMILES string of the molecule is CCCCCCCCCCCCCC(=O)OC[C@H](COP(OCCC#N)N(C(C)C)C(C)C)OC(=O)CCCCCCCCCCCCC. The monoisotopic (exact) mass is 713 g/mol. The van der Waals surface area contributed by atoms with Gasteiger partial charge in [-0.25, -0.2) is 4.67 Å². The van der Waals surface area contributed by atoms with E-state index in [1.54, 1.807) is 0 Å². The quantitative estimate of drug-likeness (QED) is 0.0360. The van der Waals surface area contributed by atoms with Crippen molar-refractivity contribution >= 4 is 20.5 Å². The van der Waals surface area contributed by atoms with Gasteiger partial charge >= 0.3 is 11.9 Å². The number of nitrogens with zero attached hydrogens (tertiary/aromatic N) is 2. The molecule has 0 aromatic heterocycles. The van der Waals surface area contributed by atoms with Gasteiger partial charge in [0.05, 0.1) is 25.7 Å². The normalized spacial score (nSPS) is 12.8. The number of hydrogen-bond acceptors (Lipinski definition) is 8. The van der Waals surface area contributed by atoms with E-state index in [1.807, 2.05) is 0 Å². The molecule has 0 heterocycles. The second kappa shape index (κ2) is 35.2. The number of carbonyl (C=O) groups excluding carboxylic acids is 2. The zero-order chi connectivity index (χ0) is 36.4. The summed E-state index contributed by atoms with van der Waals surface area (Å²) in [6, 6.07) is 2.42. The fourth-order valence-electron chi connectivity index (χ4n) is 5.95. The molecule has 0 N–H and O–H groups in total. The first-order valence-corrected chi connectivity index (χ1v) is 21.5. The lowest BCUT2D eigenvalue weighted by atomic mass is 10.1. The molecule has 49 heavy (non-hydrogen) atoms. The molecule has 288 valence electrons. The van der Waals surface area contributed by atoms with E-state index >= 15 is 0 Å². The first-order chi connectivity index (χ1) is 23.8. The molecule has 2 atom stereocenters. The van der Waals surface area contributed by atoms with Crippen LogP contribution in [0.2, 0.25) is 0 Å². The number of ether oxygens (including phenoxy) is 2. The molecule has 0 bridgehead atoms. The average molecular weight is 713 g/mol. The zero-order valence-electron chi connectivity index (χ0n) is 32.8. The Morgan fingerprint density at radius 1 is 0.592 bits per heavy atom. The molecule has 1 unspecified atom stereocenters. The molecule has 0 aromatic rings. The van der Waals surface area contributed by atoms with Gasteiger partial charge in [0.15, 0.2) is 6.10 Å². The van der Waals surface area contributed by atoms with Crippen molar-refractivity contribution in [1.82, 2.24) is 4.67 Å². The van der Waals surface area contributed by atoms with Crippen molar-refractivity contribution in [2.75, 3.05) is 19.8 Å². The molecule has 0 saturated heterocycles. The van der Waals surface area contributed by atoms with Crippen LogP contribution in [-0.4, -0.2) is 54.6 Å². The lowest BCUT2D eigenvalue weighted by molar-refractivity contribution is -0.161. The predicted octanol–water partition coefficient (Wildman–Crippen LogP) is 12.1. The van der Waals surface area contributed by atoms with Gasteiger partial charge in [0.2, 0.25) is 0 Å². The Morgan fingerprint density at radius 2 is 1.00 bits per heavy atom. The van der Waals surface area contributed by atoms with Crippen molar-refractivity contribution in [3.63, 3.8) is 0 Å². The van der Waals surface area contributed by atoms with Gasteiger partial charge in [0.25, 0.3) is 8.53 Å². The predicted molar refractivity (Wildman–Crippen MR) is 204 cm³/mol. The van der Waals surface area contributed by atoms with E-state index in [2.05, 4.69) is 52.3 Å². The molecule has 0 saturated carbocycles. The molecule has 0 aliphatic heterocycles. The van der Waals surface area contributed by atoms with Crippen molar-refractivity contribution < 1.29 is 28.1 Å². The van der Waals surface area contributed by atoms with Gasteiger partial charge < -0.3 is 18.5 Å². The number of nitriles is 1. The van der Waals surface area contributed by atoms with Crippen LogP contribution in [0.25, 0.3) is 0 Å². The third kappa shape index (κ3) is 30.1. The van der Waals surface area contributed by atoms with Crippen LogP contribution in [0.5, 0.6) is 0 Å². The second-order valence-corrected chi connectivity index (χ2v) is 15.7. The first kappa shape index (κ1) is 47.7. The minimum Gasteiger partial charge on any atom is -0.462 e. The molecule has 0 spiro atoms. The maximum Gasteiger partial charge on any atom is 0.306 e. The molecular weight excluding hydrogens is 635 g/mol. The summed E-state index contributed by atoms with van der Waals surface area (Å²) in [5.74, 6) is -0.550. The van der Waals surface area contributed by atoms with Crippen molar-refractivity contribution in [3.8, 4) is 6.07 Å². The van der Waals surface area contributed by atoms with Gasteiger partial charge in [0.1, 0.15) is 6.61 Å². The number of hydrogen-bond donors (Lipinski definition) is 0. The van der Waals surface area contributed by atoms with Crippen LogP contribution in [0.1, 0.15) is 202 Å². The highest BCUT2D eigenvalue weighted by molar-refractivity contribution is 7.44. The standard InChI is InChI=1S/C40H77N2O6P/c1-7-9-11-13-15-17-19-21-23-25-27-30-39(43)45-34-38(35-47-49(46-33-29-32-41)42(36(3)4)37(5)6)48-40(44)31-28-26-24-22-20-18-16-14-12-10-8-2/h36-38H,7-31,33-35H2,1-6H3/t38-,49?/m1/s1. The highest BCUT2D eigenvalue weighted by Crippen LogP contribution is 2.46. The summed E-state index contributed by atoms with van der Waals surface area (Å²) in [6.07, 6.45) is 27.1. The Hall–Kier alpha value is -1.26. The fraction of sp³-hybridized carbons (Fsp3) is 0.925. The summed E-state index contributed by atoms with van der Waals surface area (Å²) in [4.78, 5) is 25.5. The van der Waals surface area contributed by atoms with Gasteiger partial charge in [0, 0.05) is 24.9 Å². The summed E-state index contributed by atoms with van der Waals surface area (Å²) < 4.78 is 25.8. The number of unbranched alkanes of at least 4 members (excludes halogenated alkanes) is 20. The molecule has 0 radical (unpaired) electrons. The molecule has 0 rings (SSSR count). The van der Waals surface area contributed by atoms with Gasteiger partial charge in [-0.3, -0.25) is 9.59 Å². The lowest BCUT2D eigenvalue weighted by Gasteiger charge is -2.36. The van der Waals surface area contributed by atoms with Crippen molar-refractivity contribution in [3.05, 3.63) is 0 Å². The van der Waals surface area contributed by atoms with Gasteiger partial charge in [-0.15, -0.1) is 0 Å². The van der Waals surface area contributed by atoms with E-state index in [1.165, 1.54) is 103 Å². The van der Waals surface area contributed by atoms with Gasteiger partial charge in [-0.1, -0.05) is 142 Å². The van der Waals surface area contributed by atoms with Crippen LogP contribution < -0.4 is 0 Å². The summed E-state index contributed by atoms with van der Waals surface area (Å²) >= 11 is 0. The third-order valence-electron chi connectivity index (χ3n) is 8.73. The van der Waals surface area contributed by atoms with Gasteiger partial charge in [-0.2, -0.15) is 5.26 Å². The minimum atomic E-state index is -1.50. The maximum atomic E-state index is 12.9. The molecule has 8 nitrogen and oxygen atoms in total. The van der Waals surface area contributed by atoms with E-state index < -0.39 is 14.6 Å². The molecule has 0 aliphatic carbocycles. The van der Waals surface area contributed by atoms with Crippen LogP contribution in [0.15, 0.2) is 0 Å². The van der Waals surface area contributed by atoms with Crippen molar-refractivity contribution in [2.45, 2.75) is 220 Å². The molecular formula is C40H77N2O6P. The second-order valence-electron chi connectivity index (χ2n) is 14.2. The summed E-state index contributed by atoms with van der Waals surface area (Å²) in [5.41, 5.74) is 0. The van der Waals surface area contributed by atoms with E-state index in [0.717, 1.165) is 38.5 Å². The third-order valence-corrected chi connectivity index (χ3v) is 10.8. The number of esters is 2. The zero-order valence-corrected chi connectivity index (χ0v) is 33.7. The first-order valence-electron chi connectivity index (χ1n) is 20.3. The fourth-order valence-corrected chi connectivity index (χ4v) is 7.58. The van der Waals surface area contributed by atoms with E-state index in [0.29, 0.717) is 12.8 Å². The summed E-state index contributed by atoms with van der Waals surface area (Å²) in [6.45, 7) is 13.1. The van der Waals surface area contributed by atoms with Crippen molar-refractivity contribution in [2.24, 2.45) is 0 Å². The van der Waals surface area contributed by atoms with Gasteiger partial charge in [-0.05, 0) is 40.5 Å². The summed E-state index contributed by atoms with van der Waals surface area (Å²) in [5, 5.41) is 9.03. The van der Waals surface area contributed by atoms with E-state index in [4.69, 9.17) is 23.8 Å². The Morgan fingerprint density at radius 3 is 1.41 bits per heavy atom. The summed E-state index contributed by atoms with van der Waals surface area (Å²) in [7, 11) is -1.50. The van der Waals surface area contributed by atoms with Crippen LogP contribution >= 0.6 is 8.53 Å². The molecule has 0 aromatic carbocycles. The Kier molecular flexibility index (Phi) is 34.3. The van der Waals surface area contributed by atoms with Crippen LogP contribution in [0.4, 0.5) is 0 Å². The minimum absolute atomic E-state index is 0.0361. The highest BCUT2D eigenvalue weighted by atomic mass is 31.2. The number of carbonyl (C=O) groups is 2. The topological polar surface area (TPSA) is 98.1 Å². The van der Waals surface area contributed by atoms with E-state index in [-0.39, 0.29) is 50.3 Å². The average Bonchev–Trinajstić information content (AvgIpc) is 3.06. The van der Waals surface area contributed by atoms with Crippen molar-refractivity contribution in [1.29, 1.82) is 5.26 Å². The molecule has 0 fully saturated rings. The lowest BCUT2D eigenvalue weighted by Crippen LogP contribution is -2.35. The van der Waals surface area contributed by atoms with Crippen LogP contribution in [0.3, 0.4) is 0 Å². The smallest absolute Gasteiger partial charge is 0.306 e. The Bertz CT molecular complexity index is 798. The Labute approximate surface area is 304 Å². The maximum absolute atomic E-state index is 12.9. The largest absolute Gasteiger partial charge is 0.462 e. The highest BCUT2D eigenvalue weighted by Gasteiger charge is 2.29. The number of rotatable bonds is 36. The molecule has 0 aliphatic rings. The van der Waals surface area contributed by atoms with E-state index in [9.17, 15) is 9.59 Å². The Balaban J connectivity index is 4.79. The van der Waals surface area contributed by atoms with Crippen LogP contribution in [0, 0.1) is 11.3 Å². The molecule has 0 amide bonds. The van der Waals surface area contributed by atoms with Crippen LogP contribution in [-0.2, 0) is 28.1 Å². The molecule has 9 heteroatoms.